The van der Waals surface area contributed by atoms with Crippen molar-refractivity contribution in [2.75, 3.05) is 5.73 Å². The van der Waals surface area contributed by atoms with Crippen molar-refractivity contribution in [3.05, 3.63) is 39.5 Å². The molecule has 0 atom stereocenters. The van der Waals surface area contributed by atoms with Gasteiger partial charge in [0, 0.05) is 21.3 Å². The number of nitrogens with zero attached hydrogens (tertiary/aromatic N) is 2. The van der Waals surface area contributed by atoms with E-state index in [1.165, 1.54) is 5.56 Å². The molecule has 0 saturated heterocycles. The summed E-state index contributed by atoms with van der Waals surface area (Å²) in [5.41, 5.74) is 10.2. The van der Waals surface area contributed by atoms with Gasteiger partial charge in [-0.15, -0.1) is 0 Å². The van der Waals surface area contributed by atoms with Crippen LogP contribution < -0.4 is 5.73 Å². The van der Waals surface area contributed by atoms with Crippen molar-refractivity contribution in [1.82, 2.24) is 9.97 Å². The maximum absolute atomic E-state index is 6.07. The number of rotatable bonds is 2. The quantitative estimate of drug-likeness (QED) is 0.901. The molecular formula is C15H18BrN3. The third-order valence-corrected chi connectivity index (χ3v) is 3.76. The molecule has 0 aliphatic heterocycles. The van der Waals surface area contributed by atoms with Gasteiger partial charge in [0.15, 0.2) is 5.82 Å². The number of hydrogen-bond donors (Lipinski definition) is 1. The van der Waals surface area contributed by atoms with Crippen molar-refractivity contribution in [3.8, 4) is 11.4 Å². The Balaban J connectivity index is 2.58. The minimum absolute atomic E-state index is 0.329. The van der Waals surface area contributed by atoms with Gasteiger partial charge in [-0.05, 0) is 37.5 Å². The molecule has 0 fully saturated rings. The van der Waals surface area contributed by atoms with Crippen LogP contribution in [0.15, 0.2) is 22.7 Å². The molecule has 0 aliphatic rings. The lowest BCUT2D eigenvalue weighted by Gasteiger charge is -2.14. The summed E-state index contributed by atoms with van der Waals surface area (Å²) in [5, 5.41) is 0. The standard InChI is InChI=1S/C15H18BrN3/c1-8(2)13-10(4)18-15(19-14(13)17)11-6-5-9(3)7-12(11)16/h5-8H,1-4H3,(H2,17,18,19). The Morgan fingerprint density at radius 3 is 2.37 bits per heavy atom. The third-order valence-electron chi connectivity index (χ3n) is 3.11. The van der Waals surface area contributed by atoms with Crippen molar-refractivity contribution < 1.29 is 0 Å². The van der Waals surface area contributed by atoms with Crippen molar-refractivity contribution in [3.63, 3.8) is 0 Å². The smallest absolute Gasteiger partial charge is 0.162 e. The van der Waals surface area contributed by atoms with E-state index >= 15 is 0 Å². The summed E-state index contributed by atoms with van der Waals surface area (Å²) >= 11 is 3.56. The van der Waals surface area contributed by atoms with Crippen LogP contribution in [-0.4, -0.2) is 9.97 Å². The first-order valence-electron chi connectivity index (χ1n) is 6.30. The van der Waals surface area contributed by atoms with Gasteiger partial charge in [-0.2, -0.15) is 0 Å². The molecule has 3 nitrogen and oxygen atoms in total. The minimum Gasteiger partial charge on any atom is -0.383 e. The molecule has 0 amide bonds. The third kappa shape index (κ3) is 2.78. The van der Waals surface area contributed by atoms with Crippen LogP contribution in [0.4, 0.5) is 5.82 Å². The molecule has 0 saturated carbocycles. The maximum atomic E-state index is 6.07. The molecule has 0 bridgehead atoms. The summed E-state index contributed by atoms with van der Waals surface area (Å²) in [4.78, 5) is 9.05. The second kappa shape index (κ2) is 5.29. The van der Waals surface area contributed by atoms with E-state index in [9.17, 15) is 0 Å². The number of aromatic nitrogens is 2. The monoisotopic (exact) mass is 319 g/mol. The molecule has 0 spiro atoms. The molecule has 0 aliphatic carbocycles. The van der Waals surface area contributed by atoms with Gasteiger partial charge in [-0.1, -0.05) is 35.8 Å². The van der Waals surface area contributed by atoms with Gasteiger partial charge in [0.2, 0.25) is 0 Å². The zero-order chi connectivity index (χ0) is 14.2. The normalized spacial score (nSPS) is 11.1. The molecule has 2 N–H and O–H groups in total. The van der Waals surface area contributed by atoms with E-state index in [0.29, 0.717) is 17.6 Å². The highest BCUT2D eigenvalue weighted by Crippen LogP contribution is 2.30. The van der Waals surface area contributed by atoms with Gasteiger partial charge in [0.05, 0.1) is 0 Å². The number of hydrogen-bond acceptors (Lipinski definition) is 3. The summed E-state index contributed by atoms with van der Waals surface area (Å²) in [5.74, 6) is 1.58. The molecule has 0 unspecified atom stereocenters. The number of anilines is 1. The SMILES string of the molecule is Cc1ccc(-c2nc(C)c(C(C)C)c(N)n2)c(Br)c1. The van der Waals surface area contributed by atoms with Crippen LogP contribution in [0.3, 0.4) is 0 Å². The summed E-state index contributed by atoms with van der Waals surface area (Å²) in [6.07, 6.45) is 0. The molecule has 100 valence electrons. The minimum atomic E-state index is 0.329. The number of nitrogen functional groups attached to an aromatic ring is 1. The molecule has 2 aromatic rings. The van der Waals surface area contributed by atoms with Crippen molar-refractivity contribution in [1.29, 1.82) is 0 Å². The zero-order valence-corrected chi connectivity index (χ0v) is 13.2. The summed E-state index contributed by atoms with van der Waals surface area (Å²) < 4.78 is 0.989. The van der Waals surface area contributed by atoms with Crippen LogP contribution >= 0.6 is 15.9 Å². The van der Waals surface area contributed by atoms with E-state index in [-0.39, 0.29) is 0 Å². The molecule has 4 heteroatoms. The second-order valence-corrected chi connectivity index (χ2v) is 5.92. The van der Waals surface area contributed by atoms with Crippen molar-refractivity contribution in [2.24, 2.45) is 0 Å². The van der Waals surface area contributed by atoms with Crippen LogP contribution in [0.1, 0.15) is 36.6 Å². The highest BCUT2D eigenvalue weighted by atomic mass is 79.9. The molecule has 2 rings (SSSR count). The maximum Gasteiger partial charge on any atom is 0.162 e. The largest absolute Gasteiger partial charge is 0.383 e. The number of halogens is 1. The van der Waals surface area contributed by atoms with Crippen molar-refractivity contribution >= 4 is 21.7 Å². The Kier molecular flexibility index (Phi) is 3.90. The first-order valence-corrected chi connectivity index (χ1v) is 7.10. The van der Waals surface area contributed by atoms with Crippen LogP contribution in [0.2, 0.25) is 0 Å². The van der Waals surface area contributed by atoms with Gasteiger partial charge in [-0.25, -0.2) is 9.97 Å². The van der Waals surface area contributed by atoms with E-state index in [2.05, 4.69) is 52.7 Å². The molecule has 0 radical (unpaired) electrons. The molecule has 1 aromatic heterocycles. The lowest BCUT2D eigenvalue weighted by atomic mass is 10.0. The van der Waals surface area contributed by atoms with E-state index in [1.54, 1.807) is 0 Å². The second-order valence-electron chi connectivity index (χ2n) is 5.07. The first kappa shape index (κ1) is 14.0. The van der Waals surface area contributed by atoms with Crippen LogP contribution in [-0.2, 0) is 0 Å². The fraction of sp³-hybridized carbons (Fsp3) is 0.333. The van der Waals surface area contributed by atoms with Gasteiger partial charge in [0.1, 0.15) is 5.82 Å². The lowest BCUT2D eigenvalue weighted by molar-refractivity contribution is 0.836. The van der Waals surface area contributed by atoms with E-state index in [4.69, 9.17) is 5.73 Å². The highest BCUT2D eigenvalue weighted by molar-refractivity contribution is 9.10. The first-order chi connectivity index (χ1) is 8.90. The average molecular weight is 320 g/mol. The molecular weight excluding hydrogens is 302 g/mol. The van der Waals surface area contributed by atoms with Gasteiger partial charge < -0.3 is 5.73 Å². The predicted octanol–water partition coefficient (Wildman–Crippen LogP) is 4.23. The Bertz CT molecular complexity index is 598. The van der Waals surface area contributed by atoms with E-state index in [0.717, 1.165) is 21.3 Å². The van der Waals surface area contributed by atoms with Gasteiger partial charge in [-0.3, -0.25) is 0 Å². The predicted molar refractivity (Wildman–Crippen MR) is 83.1 cm³/mol. The Hall–Kier alpha value is -1.42. The van der Waals surface area contributed by atoms with Crippen LogP contribution in [0.5, 0.6) is 0 Å². The van der Waals surface area contributed by atoms with Crippen LogP contribution in [0, 0.1) is 13.8 Å². The van der Waals surface area contributed by atoms with E-state index < -0.39 is 0 Å². The Morgan fingerprint density at radius 2 is 1.84 bits per heavy atom. The molecule has 1 aromatic carbocycles. The number of benzene rings is 1. The fourth-order valence-corrected chi connectivity index (χ4v) is 2.91. The summed E-state index contributed by atoms with van der Waals surface area (Å²) in [6.45, 7) is 8.24. The number of nitrogens with two attached hydrogens (primary N) is 1. The van der Waals surface area contributed by atoms with Gasteiger partial charge in [0.25, 0.3) is 0 Å². The molecule has 19 heavy (non-hydrogen) atoms. The topological polar surface area (TPSA) is 51.8 Å². The summed E-state index contributed by atoms with van der Waals surface area (Å²) in [6, 6.07) is 6.12. The highest BCUT2D eigenvalue weighted by Gasteiger charge is 2.14. The van der Waals surface area contributed by atoms with E-state index in [1.807, 2.05) is 19.1 Å². The fourth-order valence-electron chi connectivity index (χ4n) is 2.24. The van der Waals surface area contributed by atoms with Crippen molar-refractivity contribution in [2.45, 2.75) is 33.6 Å². The van der Waals surface area contributed by atoms with Crippen LogP contribution in [0.25, 0.3) is 11.4 Å². The lowest BCUT2D eigenvalue weighted by Crippen LogP contribution is -2.06. The Labute approximate surface area is 122 Å². The molecule has 1 heterocycles. The summed E-state index contributed by atoms with van der Waals surface area (Å²) in [7, 11) is 0. The average Bonchev–Trinajstić information content (AvgIpc) is 2.26. The van der Waals surface area contributed by atoms with Gasteiger partial charge >= 0.3 is 0 Å². The Morgan fingerprint density at radius 1 is 1.16 bits per heavy atom. The number of aryl methyl sites for hydroxylation is 2. The zero-order valence-electron chi connectivity index (χ0n) is 11.7.